The highest BCUT2D eigenvalue weighted by Crippen LogP contribution is 2.47. The van der Waals surface area contributed by atoms with Crippen molar-refractivity contribution in [2.45, 2.75) is 115 Å². The van der Waals surface area contributed by atoms with E-state index in [2.05, 4.69) is 39.8 Å². The minimum absolute atomic E-state index is 0.0685. The lowest BCUT2D eigenvalue weighted by molar-refractivity contribution is -0.335. The van der Waals surface area contributed by atoms with E-state index in [-0.39, 0.29) is 30.3 Å². The fourth-order valence-corrected chi connectivity index (χ4v) is 7.28. The first-order valence-corrected chi connectivity index (χ1v) is 15.0. The summed E-state index contributed by atoms with van der Waals surface area (Å²) < 4.78 is 25.3. The molecule has 40 heavy (non-hydrogen) atoms. The second kappa shape index (κ2) is 11.8. The number of hydrogen-bond acceptors (Lipinski definition) is 8. The van der Waals surface area contributed by atoms with E-state index in [1.807, 2.05) is 6.08 Å². The normalized spacial score (nSPS) is 44.4. The first kappa shape index (κ1) is 29.7. The zero-order valence-electron chi connectivity index (χ0n) is 24.3. The Labute approximate surface area is 237 Å². The predicted molar refractivity (Wildman–Crippen MR) is 149 cm³/mol. The van der Waals surface area contributed by atoms with E-state index < -0.39 is 48.2 Å². The Morgan fingerprint density at radius 1 is 1.18 bits per heavy atom. The van der Waals surface area contributed by atoms with Crippen LogP contribution in [0.15, 0.2) is 47.1 Å². The smallest absolute Gasteiger partial charge is 0.316 e. The zero-order chi connectivity index (χ0) is 28.7. The van der Waals surface area contributed by atoms with Gasteiger partial charge in [-0.2, -0.15) is 0 Å². The minimum Gasteiger partial charge on any atom is -0.462 e. The van der Waals surface area contributed by atoms with Gasteiger partial charge in [-0.05, 0) is 55.6 Å². The second-order valence-electron chi connectivity index (χ2n) is 12.7. The molecule has 222 valence electrons. The summed E-state index contributed by atoms with van der Waals surface area (Å²) in [5.41, 5.74) is 0.223. The lowest BCUT2D eigenvalue weighted by Crippen LogP contribution is -2.58. The average molecular weight is 559 g/mol. The number of esters is 1. The topological polar surface area (TPSA) is 115 Å². The number of ether oxygens (including phenoxy) is 4. The van der Waals surface area contributed by atoms with E-state index in [1.54, 1.807) is 6.08 Å². The molecule has 8 heteroatoms. The molecule has 0 amide bonds. The van der Waals surface area contributed by atoms with Crippen molar-refractivity contribution in [2.24, 2.45) is 17.8 Å². The summed E-state index contributed by atoms with van der Waals surface area (Å²) in [5, 5.41) is 32.9. The Kier molecular flexibility index (Phi) is 8.77. The fraction of sp³-hybridized carbons (Fsp3) is 0.719. The van der Waals surface area contributed by atoms with Gasteiger partial charge in [0.05, 0.1) is 25.4 Å². The third kappa shape index (κ3) is 5.63. The third-order valence-electron chi connectivity index (χ3n) is 9.55. The summed E-state index contributed by atoms with van der Waals surface area (Å²) >= 11 is 0. The number of fused-ring (bicyclic) bond motifs is 2. The summed E-state index contributed by atoms with van der Waals surface area (Å²) in [7, 11) is 0. The van der Waals surface area contributed by atoms with Gasteiger partial charge >= 0.3 is 5.97 Å². The van der Waals surface area contributed by atoms with Crippen LogP contribution in [0.2, 0.25) is 0 Å². The number of rotatable bonds is 2. The standard InChI is InChI=1S/C32H46O8/c1-5-27-21(4)11-12-31(40-27)16-25-15-24(39-31)10-9-20(3)13-19(2)7-6-8-23-18-37-29-28(34)22(17-33)14-26(30(35)38-25)32(23,29)36/h6-9,14,19,21,24-29,33-34,36H,5,10-13,15-18H2,1-4H3. The molecule has 4 heterocycles. The molecule has 0 aromatic carbocycles. The quantitative estimate of drug-likeness (QED) is 0.346. The van der Waals surface area contributed by atoms with E-state index in [9.17, 15) is 20.1 Å². The van der Waals surface area contributed by atoms with Crippen LogP contribution >= 0.6 is 0 Å². The van der Waals surface area contributed by atoms with Crippen LogP contribution in [0.4, 0.5) is 0 Å². The molecule has 3 fully saturated rings. The van der Waals surface area contributed by atoms with Crippen LogP contribution in [0.3, 0.4) is 0 Å². The number of allylic oxidation sites excluding steroid dienone is 4. The molecule has 5 aliphatic rings. The predicted octanol–water partition coefficient (Wildman–Crippen LogP) is 3.90. The van der Waals surface area contributed by atoms with E-state index in [4.69, 9.17) is 18.9 Å². The van der Waals surface area contributed by atoms with Gasteiger partial charge in [0.1, 0.15) is 29.8 Å². The minimum atomic E-state index is -1.79. The van der Waals surface area contributed by atoms with Gasteiger partial charge in [-0.25, -0.2) is 0 Å². The number of carbonyl (C=O) groups is 1. The number of aliphatic hydroxyl groups excluding tert-OH is 2. The molecule has 1 aliphatic carbocycles. The molecule has 5 rings (SSSR count). The van der Waals surface area contributed by atoms with Gasteiger partial charge in [0.25, 0.3) is 0 Å². The van der Waals surface area contributed by atoms with Gasteiger partial charge in [0.2, 0.25) is 0 Å². The van der Waals surface area contributed by atoms with Crippen molar-refractivity contribution in [1.82, 2.24) is 0 Å². The highest BCUT2D eigenvalue weighted by atomic mass is 16.7. The van der Waals surface area contributed by atoms with Crippen LogP contribution in [0, 0.1) is 17.8 Å². The number of aliphatic hydroxyl groups is 3. The maximum atomic E-state index is 13.9. The van der Waals surface area contributed by atoms with Gasteiger partial charge < -0.3 is 34.3 Å². The Hall–Kier alpha value is -1.81. The van der Waals surface area contributed by atoms with Crippen LogP contribution in [-0.4, -0.2) is 76.4 Å². The average Bonchev–Trinajstić information content (AvgIpc) is 3.25. The van der Waals surface area contributed by atoms with Crippen LogP contribution in [0.1, 0.15) is 72.6 Å². The van der Waals surface area contributed by atoms with Crippen LogP contribution < -0.4 is 0 Å². The Bertz CT molecular complexity index is 1080. The highest BCUT2D eigenvalue weighted by Gasteiger charge is 2.60. The molecule has 10 atom stereocenters. The summed E-state index contributed by atoms with van der Waals surface area (Å²) in [4.78, 5) is 13.9. The monoisotopic (exact) mass is 558 g/mol. The van der Waals surface area contributed by atoms with Gasteiger partial charge in [0.15, 0.2) is 5.79 Å². The second-order valence-corrected chi connectivity index (χ2v) is 12.7. The van der Waals surface area contributed by atoms with Crippen molar-refractivity contribution in [3.8, 4) is 0 Å². The van der Waals surface area contributed by atoms with Gasteiger partial charge in [-0.15, -0.1) is 0 Å². The molecule has 4 aliphatic heterocycles. The largest absolute Gasteiger partial charge is 0.462 e. The number of carbonyl (C=O) groups excluding carboxylic acids is 1. The molecule has 0 aromatic rings. The van der Waals surface area contributed by atoms with Crippen molar-refractivity contribution in [2.75, 3.05) is 13.2 Å². The lowest BCUT2D eigenvalue weighted by Gasteiger charge is -2.50. The fourth-order valence-electron chi connectivity index (χ4n) is 7.28. The lowest BCUT2D eigenvalue weighted by atomic mass is 9.70. The van der Waals surface area contributed by atoms with Crippen LogP contribution in [0.5, 0.6) is 0 Å². The Morgan fingerprint density at radius 2 is 1.98 bits per heavy atom. The molecule has 0 aromatic heterocycles. The molecular weight excluding hydrogens is 512 g/mol. The molecule has 8 nitrogen and oxygen atoms in total. The SMILES string of the molecule is CCC1OC2(CCC1C)CC1CC(CC=C(C)CC(C)C=CC=C3COC4C(O)C(CO)=CC(C(=O)O1)C34O)O2. The van der Waals surface area contributed by atoms with Crippen molar-refractivity contribution < 1.29 is 39.1 Å². The summed E-state index contributed by atoms with van der Waals surface area (Å²) in [5.74, 6) is -1.87. The molecule has 3 N–H and O–H groups in total. The molecule has 1 spiro atoms. The first-order chi connectivity index (χ1) is 19.1. The molecule has 10 unspecified atom stereocenters. The third-order valence-corrected chi connectivity index (χ3v) is 9.55. The number of hydrogen-bond donors (Lipinski definition) is 3. The van der Waals surface area contributed by atoms with E-state index in [0.29, 0.717) is 30.8 Å². The maximum Gasteiger partial charge on any atom is 0.316 e. The van der Waals surface area contributed by atoms with Crippen molar-refractivity contribution in [1.29, 1.82) is 0 Å². The van der Waals surface area contributed by atoms with E-state index >= 15 is 0 Å². The van der Waals surface area contributed by atoms with Crippen molar-refractivity contribution in [3.63, 3.8) is 0 Å². The Morgan fingerprint density at radius 3 is 2.73 bits per heavy atom. The molecule has 0 saturated carbocycles. The van der Waals surface area contributed by atoms with Crippen molar-refractivity contribution >= 4 is 5.97 Å². The summed E-state index contributed by atoms with van der Waals surface area (Å²) in [6.45, 7) is 8.22. The molecule has 0 radical (unpaired) electrons. The van der Waals surface area contributed by atoms with E-state index in [0.717, 1.165) is 25.7 Å². The molecular formula is C32H46O8. The maximum absolute atomic E-state index is 13.9. The Balaban J connectivity index is 1.52. The van der Waals surface area contributed by atoms with Gasteiger partial charge in [-0.3, -0.25) is 4.79 Å². The van der Waals surface area contributed by atoms with E-state index in [1.165, 1.54) is 11.6 Å². The van der Waals surface area contributed by atoms with Gasteiger partial charge in [-0.1, -0.05) is 56.7 Å². The first-order valence-electron chi connectivity index (χ1n) is 15.0. The zero-order valence-corrected chi connectivity index (χ0v) is 24.3. The summed E-state index contributed by atoms with van der Waals surface area (Å²) in [6.07, 6.45) is 11.7. The molecule has 2 bridgehead atoms. The van der Waals surface area contributed by atoms with Crippen LogP contribution in [0.25, 0.3) is 0 Å². The van der Waals surface area contributed by atoms with Crippen LogP contribution in [-0.2, 0) is 23.7 Å². The summed E-state index contributed by atoms with van der Waals surface area (Å²) in [6, 6.07) is 0. The highest BCUT2D eigenvalue weighted by molar-refractivity contribution is 5.78. The molecule has 3 saturated heterocycles. The van der Waals surface area contributed by atoms with Gasteiger partial charge in [0, 0.05) is 19.3 Å². The van der Waals surface area contributed by atoms with Crippen molar-refractivity contribution in [3.05, 3.63) is 47.1 Å².